The number of rotatable bonds is 5. The number of allylic oxidation sites excluding steroid dienone is 4. The Balaban J connectivity index is 1.57. The number of nitrogens with one attached hydrogen (secondary N) is 1. The number of ether oxygens (including phenoxy) is 2. The molecule has 7 heteroatoms. The topological polar surface area (TPSA) is 64.6 Å². The summed E-state index contributed by atoms with van der Waals surface area (Å²) in [7, 11) is 1.54. The number of methoxy groups -OCH3 is 1. The smallest absolute Gasteiger partial charge is 0.175 e. The van der Waals surface area contributed by atoms with Gasteiger partial charge in [-0.15, -0.1) is 0 Å². The van der Waals surface area contributed by atoms with Gasteiger partial charge in [0, 0.05) is 46.9 Å². The highest BCUT2D eigenvalue weighted by molar-refractivity contribution is 9.10. The van der Waals surface area contributed by atoms with E-state index in [4.69, 9.17) is 9.47 Å². The lowest BCUT2D eigenvalue weighted by atomic mass is 9.71. The molecule has 0 amide bonds. The Morgan fingerprint density at radius 2 is 1.65 bits per heavy atom. The molecule has 0 aromatic heterocycles. The van der Waals surface area contributed by atoms with Crippen LogP contribution in [0.25, 0.3) is 0 Å². The lowest BCUT2D eigenvalue weighted by molar-refractivity contribution is -0.116. The van der Waals surface area contributed by atoms with Gasteiger partial charge in [-0.2, -0.15) is 0 Å². The molecule has 5 rings (SSSR count). The van der Waals surface area contributed by atoms with Crippen LogP contribution in [0, 0.1) is 5.82 Å². The third kappa shape index (κ3) is 4.06. The summed E-state index contributed by atoms with van der Waals surface area (Å²) in [5.74, 6) is 0.288. The molecule has 0 unspecified atom stereocenters. The third-order valence-electron chi connectivity index (χ3n) is 6.71. The lowest BCUT2D eigenvalue weighted by Crippen LogP contribution is -2.36. The zero-order valence-electron chi connectivity index (χ0n) is 18.9. The molecule has 1 N–H and O–H groups in total. The predicted molar refractivity (Wildman–Crippen MR) is 129 cm³/mol. The van der Waals surface area contributed by atoms with Gasteiger partial charge in [0.15, 0.2) is 23.1 Å². The van der Waals surface area contributed by atoms with E-state index in [0.717, 1.165) is 42.6 Å². The number of carbonyl (C=O) groups excluding carboxylic acids is 2. The second-order valence-electron chi connectivity index (χ2n) is 8.81. The van der Waals surface area contributed by atoms with Crippen molar-refractivity contribution in [2.45, 2.75) is 51.0 Å². The number of dihydropyridines is 1. The fourth-order valence-corrected chi connectivity index (χ4v) is 5.70. The van der Waals surface area contributed by atoms with Crippen LogP contribution < -0.4 is 14.8 Å². The van der Waals surface area contributed by atoms with E-state index >= 15 is 0 Å². The van der Waals surface area contributed by atoms with E-state index in [1.165, 1.54) is 13.2 Å². The fourth-order valence-electron chi connectivity index (χ4n) is 5.13. The molecule has 3 aliphatic rings. The Labute approximate surface area is 206 Å². The maximum atomic E-state index is 14.1. The molecule has 1 aliphatic heterocycles. The average molecular weight is 526 g/mol. The number of hydrogen-bond acceptors (Lipinski definition) is 5. The first-order valence-electron chi connectivity index (χ1n) is 11.5. The largest absolute Gasteiger partial charge is 0.493 e. The van der Waals surface area contributed by atoms with Gasteiger partial charge in [-0.05, 0) is 65.4 Å². The van der Waals surface area contributed by atoms with Crippen LogP contribution in [0.2, 0.25) is 0 Å². The van der Waals surface area contributed by atoms with E-state index in [0.29, 0.717) is 45.5 Å². The molecule has 0 saturated carbocycles. The number of Topliss-reactive ketones (excluding diaryl/α,β-unsaturated/α-hetero) is 2. The summed E-state index contributed by atoms with van der Waals surface area (Å²) >= 11 is 3.59. The van der Waals surface area contributed by atoms with Crippen molar-refractivity contribution in [2.75, 3.05) is 7.11 Å². The molecule has 2 aliphatic carbocycles. The van der Waals surface area contributed by atoms with Gasteiger partial charge in [-0.25, -0.2) is 4.39 Å². The molecule has 0 spiro atoms. The van der Waals surface area contributed by atoms with E-state index < -0.39 is 5.92 Å². The van der Waals surface area contributed by atoms with E-state index in [2.05, 4.69) is 21.2 Å². The Morgan fingerprint density at radius 1 is 1.00 bits per heavy atom. The average Bonchev–Trinajstić information content (AvgIpc) is 2.83. The summed E-state index contributed by atoms with van der Waals surface area (Å²) in [5, 5.41) is 3.43. The number of ketones is 2. The number of carbonyl (C=O) groups is 2. The highest BCUT2D eigenvalue weighted by Gasteiger charge is 2.40. The fraction of sp³-hybridized carbons (Fsp3) is 0.333. The Bertz CT molecular complexity index is 1210. The molecular weight excluding hydrogens is 501 g/mol. The van der Waals surface area contributed by atoms with Crippen molar-refractivity contribution in [2.24, 2.45) is 0 Å². The first kappa shape index (κ1) is 22.8. The SMILES string of the molecule is COc1cc(C2C3=C(CCCC3=O)NC3=C2C(=O)CCC3)cc(Br)c1OCc1ccccc1F. The summed E-state index contributed by atoms with van der Waals surface area (Å²) < 4.78 is 26.3. The van der Waals surface area contributed by atoms with Crippen molar-refractivity contribution in [3.8, 4) is 11.5 Å². The summed E-state index contributed by atoms with van der Waals surface area (Å²) in [6.07, 6.45) is 4.18. The maximum Gasteiger partial charge on any atom is 0.175 e. The predicted octanol–water partition coefficient (Wildman–Crippen LogP) is 5.88. The highest BCUT2D eigenvalue weighted by atomic mass is 79.9. The maximum absolute atomic E-state index is 14.1. The van der Waals surface area contributed by atoms with Crippen LogP contribution in [0.4, 0.5) is 4.39 Å². The Hall–Kier alpha value is -2.93. The molecule has 0 fully saturated rings. The molecule has 1 heterocycles. The van der Waals surface area contributed by atoms with Crippen molar-refractivity contribution in [1.82, 2.24) is 5.32 Å². The van der Waals surface area contributed by atoms with Crippen LogP contribution in [0.5, 0.6) is 11.5 Å². The standard InChI is InChI=1S/C27H25BrFNO4/c1-33-23-13-16(12-17(28)27(23)34-14-15-6-2-3-7-18(15)29)24-25-19(8-4-10-21(25)31)30-20-9-5-11-22(32)26(20)24/h2-3,6-7,12-13,24,30H,4-5,8-11,14H2,1H3. The second kappa shape index (κ2) is 9.37. The third-order valence-corrected chi connectivity index (χ3v) is 7.30. The molecule has 0 saturated heterocycles. The van der Waals surface area contributed by atoms with Crippen molar-refractivity contribution >= 4 is 27.5 Å². The van der Waals surface area contributed by atoms with Crippen molar-refractivity contribution in [3.05, 3.63) is 80.4 Å². The second-order valence-corrected chi connectivity index (χ2v) is 9.66. The van der Waals surface area contributed by atoms with E-state index in [9.17, 15) is 14.0 Å². The van der Waals surface area contributed by atoms with Gasteiger partial charge < -0.3 is 14.8 Å². The molecule has 5 nitrogen and oxygen atoms in total. The van der Waals surface area contributed by atoms with Crippen LogP contribution in [0.3, 0.4) is 0 Å². The molecule has 2 aromatic carbocycles. The van der Waals surface area contributed by atoms with Gasteiger partial charge in [-0.1, -0.05) is 18.2 Å². The Kier molecular flexibility index (Phi) is 6.30. The van der Waals surface area contributed by atoms with Crippen LogP contribution in [-0.2, 0) is 16.2 Å². The van der Waals surface area contributed by atoms with Gasteiger partial charge in [0.05, 0.1) is 11.6 Å². The molecule has 0 radical (unpaired) electrons. The number of benzene rings is 2. The van der Waals surface area contributed by atoms with E-state index in [1.807, 2.05) is 12.1 Å². The lowest BCUT2D eigenvalue weighted by Gasteiger charge is -2.37. The van der Waals surface area contributed by atoms with E-state index in [1.54, 1.807) is 18.2 Å². The molecule has 176 valence electrons. The van der Waals surface area contributed by atoms with Gasteiger partial charge in [0.1, 0.15) is 12.4 Å². The first-order chi connectivity index (χ1) is 16.5. The number of hydrogen-bond donors (Lipinski definition) is 1. The summed E-state index contributed by atoms with van der Waals surface area (Å²) in [6.45, 7) is 0.0376. The quantitative estimate of drug-likeness (QED) is 0.528. The summed E-state index contributed by atoms with van der Waals surface area (Å²) in [6, 6.07) is 10.2. The van der Waals surface area contributed by atoms with Gasteiger partial charge in [0.25, 0.3) is 0 Å². The first-order valence-corrected chi connectivity index (χ1v) is 12.3. The zero-order chi connectivity index (χ0) is 23.8. The minimum atomic E-state index is -0.433. The van der Waals surface area contributed by atoms with Crippen LogP contribution in [-0.4, -0.2) is 18.7 Å². The van der Waals surface area contributed by atoms with E-state index in [-0.39, 0.29) is 24.0 Å². The van der Waals surface area contributed by atoms with Gasteiger partial charge >= 0.3 is 0 Å². The Morgan fingerprint density at radius 3 is 2.26 bits per heavy atom. The number of halogens is 2. The highest BCUT2D eigenvalue weighted by Crippen LogP contribution is 2.48. The summed E-state index contributed by atoms with van der Waals surface area (Å²) in [4.78, 5) is 26.1. The van der Waals surface area contributed by atoms with Gasteiger partial charge in [-0.3, -0.25) is 9.59 Å². The van der Waals surface area contributed by atoms with Crippen molar-refractivity contribution in [1.29, 1.82) is 0 Å². The zero-order valence-corrected chi connectivity index (χ0v) is 20.5. The van der Waals surface area contributed by atoms with Crippen molar-refractivity contribution < 1.29 is 23.5 Å². The van der Waals surface area contributed by atoms with Crippen LogP contribution in [0.1, 0.15) is 55.6 Å². The van der Waals surface area contributed by atoms with Crippen molar-refractivity contribution in [3.63, 3.8) is 0 Å². The molecule has 0 bridgehead atoms. The van der Waals surface area contributed by atoms with Crippen LogP contribution >= 0.6 is 15.9 Å². The molecule has 0 atom stereocenters. The van der Waals surface area contributed by atoms with Gasteiger partial charge in [0.2, 0.25) is 0 Å². The molecule has 2 aromatic rings. The summed E-state index contributed by atoms with van der Waals surface area (Å²) in [5.41, 5.74) is 4.48. The monoisotopic (exact) mass is 525 g/mol. The molecular formula is C27H25BrFNO4. The molecule has 34 heavy (non-hydrogen) atoms. The minimum absolute atomic E-state index is 0.0376. The minimum Gasteiger partial charge on any atom is -0.493 e. The van der Waals surface area contributed by atoms with Crippen LogP contribution in [0.15, 0.2) is 63.4 Å². The normalized spacial score (nSPS) is 18.4.